The van der Waals surface area contributed by atoms with Gasteiger partial charge in [0.15, 0.2) is 0 Å². The predicted octanol–water partition coefficient (Wildman–Crippen LogP) is 3.45. The fourth-order valence-corrected chi connectivity index (χ4v) is 3.05. The second kappa shape index (κ2) is 8.04. The summed E-state index contributed by atoms with van der Waals surface area (Å²) in [6.45, 7) is 7.52. The van der Waals surface area contributed by atoms with Crippen LogP contribution in [0.4, 0.5) is 4.79 Å². The first-order valence-corrected chi connectivity index (χ1v) is 8.89. The predicted molar refractivity (Wildman–Crippen MR) is 96.7 cm³/mol. The van der Waals surface area contributed by atoms with Crippen LogP contribution in [0.15, 0.2) is 18.3 Å². The Bertz CT molecular complexity index is 622. The number of halogens is 1. The number of piperidine rings is 1. The van der Waals surface area contributed by atoms with Gasteiger partial charge in [-0.15, -0.1) is 0 Å². The van der Waals surface area contributed by atoms with Crippen molar-refractivity contribution in [2.45, 2.75) is 39.2 Å². The third kappa shape index (κ3) is 5.59. The van der Waals surface area contributed by atoms with Crippen molar-refractivity contribution in [1.29, 1.82) is 0 Å². The van der Waals surface area contributed by atoms with Gasteiger partial charge in [-0.05, 0) is 51.7 Å². The van der Waals surface area contributed by atoms with E-state index in [0.29, 0.717) is 31.1 Å². The Hall–Kier alpha value is -1.82. The van der Waals surface area contributed by atoms with Crippen molar-refractivity contribution in [1.82, 2.24) is 14.8 Å². The van der Waals surface area contributed by atoms with Crippen molar-refractivity contribution in [3.05, 3.63) is 29.0 Å². The highest BCUT2D eigenvalue weighted by atomic mass is 35.5. The second-order valence-corrected chi connectivity index (χ2v) is 7.80. The number of pyridine rings is 1. The minimum atomic E-state index is -0.483. The molecule has 0 saturated carbocycles. The van der Waals surface area contributed by atoms with E-state index in [-0.39, 0.29) is 17.2 Å². The van der Waals surface area contributed by atoms with E-state index in [9.17, 15) is 9.59 Å². The molecule has 2 heterocycles. The van der Waals surface area contributed by atoms with Gasteiger partial charge in [0.1, 0.15) is 10.8 Å². The molecule has 2 amide bonds. The van der Waals surface area contributed by atoms with Crippen molar-refractivity contribution in [2.75, 3.05) is 26.7 Å². The highest BCUT2D eigenvalue weighted by Crippen LogP contribution is 2.22. The Labute approximate surface area is 154 Å². The zero-order chi connectivity index (χ0) is 18.6. The smallest absolute Gasteiger partial charge is 0.410 e. The molecule has 1 fully saturated rings. The van der Waals surface area contributed by atoms with Crippen LogP contribution in [0.2, 0.25) is 5.15 Å². The first kappa shape index (κ1) is 19.5. The lowest BCUT2D eigenvalue weighted by Gasteiger charge is -2.34. The number of likely N-dealkylation sites (tertiary alicyclic amines) is 1. The van der Waals surface area contributed by atoms with Gasteiger partial charge in [-0.25, -0.2) is 9.78 Å². The molecule has 6 nitrogen and oxygen atoms in total. The average molecular weight is 368 g/mol. The van der Waals surface area contributed by atoms with E-state index in [0.717, 1.165) is 12.8 Å². The number of hydrogen-bond donors (Lipinski definition) is 0. The standard InChI is InChI=1S/C18H26ClN3O3/c1-18(2,3)25-17(24)22-10-7-13(8-11-22)12-21(4)16(23)14-6-5-9-20-15(14)19/h5-6,9,13H,7-8,10-12H2,1-4H3. The van der Waals surface area contributed by atoms with Crippen LogP contribution in [0.3, 0.4) is 0 Å². The molecule has 0 radical (unpaired) electrons. The van der Waals surface area contributed by atoms with Crippen LogP contribution in [0, 0.1) is 5.92 Å². The fraction of sp³-hybridized carbons (Fsp3) is 0.611. The van der Waals surface area contributed by atoms with Crippen LogP contribution in [-0.2, 0) is 4.74 Å². The largest absolute Gasteiger partial charge is 0.444 e. The molecule has 0 atom stereocenters. The summed E-state index contributed by atoms with van der Waals surface area (Å²) in [6.07, 6.45) is 2.98. The summed E-state index contributed by atoms with van der Waals surface area (Å²) in [5, 5.41) is 0.221. The lowest BCUT2D eigenvalue weighted by atomic mass is 9.96. The zero-order valence-corrected chi connectivity index (χ0v) is 16.0. The molecule has 138 valence electrons. The van der Waals surface area contributed by atoms with E-state index in [1.807, 2.05) is 20.8 Å². The first-order valence-electron chi connectivity index (χ1n) is 8.51. The lowest BCUT2D eigenvalue weighted by molar-refractivity contribution is 0.0171. The van der Waals surface area contributed by atoms with Crippen LogP contribution in [0.25, 0.3) is 0 Å². The molecule has 0 unspecified atom stereocenters. The summed E-state index contributed by atoms with van der Waals surface area (Å²) >= 11 is 6.00. The molecule has 1 aliphatic heterocycles. The number of carbonyl (C=O) groups is 2. The summed E-state index contributed by atoms with van der Waals surface area (Å²) in [7, 11) is 1.77. The molecule has 0 spiro atoms. The van der Waals surface area contributed by atoms with Crippen molar-refractivity contribution >= 4 is 23.6 Å². The fourth-order valence-electron chi connectivity index (χ4n) is 2.85. The number of ether oxygens (including phenoxy) is 1. The summed E-state index contributed by atoms with van der Waals surface area (Å²) in [6, 6.07) is 3.38. The number of carbonyl (C=O) groups excluding carboxylic acids is 2. The summed E-state index contributed by atoms with van der Waals surface area (Å²) in [5.41, 5.74) is -0.0679. The molecule has 0 aromatic carbocycles. The van der Waals surface area contributed by atoms with Gasteiger partial charge >= 0.3 is 6.09 Å². The highest BCUT2D eigenvalue weighted by molar-refractivity contribution is 6.32. The number of nitrogens with zero attached hydrogens (tertiary/aromatic N) is 3. The van der Waals surface area contributed by atoms with Gasteiger partial charge in [0.05, 0.1) is 5.56 Å². The Balaban J connectivity index is 1.84. The van der Waals surface area contributed by atoms with Gasteiger partial charge in [-0.3, -0.25) is 4.79 Å². The maximum atomic E-state index is 12.5. The molecule has 0 bridgehead atoms. The van der Waals surface area contributed by atoms with E-state index in [2.05, 4.69) is 4.98 Å². The lowest BCUT2D eigenvalue weighted by Crippen LogP contribution is -2.44. The Kier molecular flexibility index (Phi) is 6.27. The van der Waals surface area contributed by atoms with Crippen LogP contribution in [-0.4, -0.2) is 59.1 Å². The summed E-state index contributed by atoms with van der Waals surface area (Å²) in [4.78, 5) is 31.9. The third-order valence-corrected chi connectivity index (χ3v) is 4.44. The van der Waals surface area contributed by atoms with E-state index >= 15 is 0 Å². The van der Waals surface area contributed by atoms with Gasteiger partial charge in [0.25, 0.3) is 5.91 Å². The van der Waals surface area contributed by atoms with Crippen LogP contribution in [0.5, 0.6) is 0 Å². The van der Waals surface area contributed by atoms with Crippen molar-refractivity contribution in [3.8, 4) is 0 Å². The molecule has 2 rings (SSSR count). The topological polar surface area (TPSA) is 62.7 Å². The van der Waals surface area contributed by atoms with E-state index in [4.69, 9.17) is 16.3 Å². The molecule has 1 aliphatic rings. The Morgan fingerprint density at radius 3 is 2.56 bits per heavy atom. The molecule has 0 N–H and O–H groups in total. The van der Waals surface area contributed by atoms with Crippen molar-refractivity contribution < 1.29 is 14.3 Å². The van der Waals surface area contributed by atoms with E-state index in [1.54, 1.807) is 35.2 Å². The van der Waals surface area contributed by atoms with Crippen LogP contribution < -0.4 is 0 Å². The molecular formula is C18H26ClN3O3. The van der Waals surface area contributed by atoms with E-state index < -0.39 is 5.60 Å². The maximum Gasteiger partial charge on any atom is 0.410 e. The Morgan fingerprint density at radius 2 is 2.00 bits per heavy atom. The minimum absolute atomic E-state index is 0.132. The normalized spacial score (nSPS) is 15.8. The van der Waals surface area contributed by atoms with Gasteiger partial charge in [-0.2, -0.15) is 0 Å². The molecule has 1 aromatic rings. The number of hydrogen-bond acceptors (Lipinski definition) is 4. The van der Waals surface area contributed by atoms with Gasteiger partial charge in [0.2, 0.25) is 0 Å². The monoisotopic (exact) mass is 367 g/mol. The van der Waals surface area contributed by atoms with Crippen molar-refractivity contribution in [2.24, 2.45) is 5.92 Å². The summed E-state index contributed by atoms with van der Waals surface area (Å²) < 4.78 is 5.40. The second-order valence-electron chi connectivity index (χ2n) is 7.44. The number of rotatable bonds is 3. The highest BCUT2D eigenvalue weighted by Gasteiger charge is 2.28. The molecule has 1 saturated heterocycles. The van der Waals surface area contributed by atoms with Gasteiger partial charge in [0, 0.05) is 32.9 Å². The average Bonchev–Trinajstić information content (AvgIpc) is 2.53. The minimum Gasteiger partial charge on any atom is -0.444 e. The zero-order valence-electron chi connectivity index (χ0n) is 15.3. The molecular weight excluding hydrogens is 342 g/mol. The quantitative estimate of drug-likeness (QED) is 0.767. The SMILES string of the molecule is CN(CC1CCN(C(=O)OC(C)(C)C)CC1)C(=O)c1cccnc1Cl. The number of amides is 2. The van der Waals surface area contributed by atoms with Gasteiger partial charge in [-0.1, -0.05) is 11.6 Å². The first-order chi connectivity index (χ1) is 11.7. The maximum absolute atomic E-state index is 12.5. The molecule has 1 aromatic heterocycles. The Morgan fingerprint density at radius 1 is 1.36 bits per heavy atom. The third-order valence-electron chi connectivity index (χ3n) is 4.13. The summed E-state index contributed by atoms with van der Waals surface area (Å²) in [5.74, 6) is 0.218. The molecule has 0 aliphatic carbocycles. The van der Waals surface area contributed by atoms with Crippen molar-refractivity contribution in [3.63, 3.8) is 0 Å². The molecule has 7 heteroatoms. The molecule has 25 heavy (non-hydrogen) atoms. The van der Waals surface area contributed by atoms with Crippen LogP contribution >= 0.6 is 11.6 Å². The van der Waals surface area contributed by atoms with Crippen LogP contribution in [0.1, 0.15) is 44.0 Å². The van der Waals surface area contributed by atoms with Gasteiger partial charge < -0.3 is 14.5 Å². The van der Waals surface area contributed by atoms with E-state index in [1.165, 1.54) is 0 Å². The number of aromatic nitrogens is 1.